The molecule has 0 bridgehead atoms. The van der Waals surface area contributed by atoms with Gasteiger partial charge in [-0.2, -0.15) is 8.42 Å². The Balaban J connectivity index is 3.50. The van der Waals surface area contributed by atoms with E-state index in [1.54, 1.807) is 0 Å². The summed E-state index contributed by atoms with van der Waals surface area (Å²) in [6.45, 7) is 0. The van der Waals surface area contributed by atoms with Crippen LogP contribution >= 0.6 is 27.5 Å². The van der Waals surface area contributed by atoms with Crippen LogP contribution in [0.3, 0.4) is 0 Å². The number of hydrogen-bond acceptors (Lipinski definition) is 2. The van der Waals surface area contributed by atoms with Crippen molar-refractivity contribution in [1.29, 1.82) is 0 Å². The minimum absolute atomic E-state index is 0.159. The molecule has 0 amide bonds. The molecule has 0 aromatic heterocycles. The molecular weight excluding hydrogens is 289 g/mol. The SMILES string of the molecule is O=S(=O)(F)c1cc(Br)c(F)cc1Cl. The predicted octanol–water partition coefficient (Wildman–Crippen LogP) is 2.90. The molecular formula is C6H2BrClF2O2S. The lowest BCUT2D eigenvalue weighted by atomic mass is 10.3. The molecule has 0 heterocycles. The van der Waals surface area contributed by atoms with E-state index in [2.05, 4.69) is 15.9 Å². The zero-order chi connectivity index (χ0) is 10.2. The van der Waals surface area contributed by atoms with Crippen molar-refractivity contribution in [2.45, 2.75) is 4.90 Å². The van der Waals surface area contributed by atoms with Crippen LogP contribution in [0.25, 0.3) is 0 Å². The van der Waals surface area contributed by atoms with Gasteiger partial charge in [-0.05, 0) is 28.1 Å². The summed E-state index contributed by atoms with van der Waals surface area (Å²) in [5.41, 5.74) is 0. The predicted molar refractivity (Wildman–Crippen MR) is 47.4 cm³/mol. The Bertz CT molecular complexity index is 446. The lowest BCUT2D eigenvalue weighted by Crippen LogP contribution is -1.94. The van der Waals surface area contributed by atoms with Crippen LogP contribution in [0.1, 0.15) is 0 Å². The van der Waals surface area contributed by atoms with E-state index >= 15 is 0 Å². The van der Waals surface area contributed by atoms with Gasteiger partial charge < -0.3 is 0 Å². The minimum atomic E-state index is -4.90. The Labute approximate surface area is 86.9 Å². The van der Waals surface area contributed by atoms with E-state index in [1.807, 2.05) is 0 Å². The highest BCUT2D eigenvalue weighted by Gasteiger charge is 2.18. The van der Waals surface area contributed by atoms with E-state index in [0.717, 1.165) is 12.1 Å². The largest absolute Gasteiger partial charge is 0.333 e. The maximum Gasteiger partial charge on any atom is 0.333 e. The van der Waals surface area contributed by atoms with Crippen LogP contribution in [-0.4, -0.2) is 8.42 Å². The first kappa shape index (κ1) is 10.9. The summed E-state index contributed by atoms with van der Waals surface area (Å²) in [5.74, 6) is -0.752. The highest BCUT2D eigenvalue weighted by molar-refractivity contribution is 9.10. The molecule has 0 saturated heterocycles. The molecule has 0 atom stereocenters. The van der Waals surface area contributed by atoms with Crippen LogP contribution in [0.5, 0.6) is 0 Å². The van der Waals surface area contributed by atoms with Crippen molar-refractivity contribution >= 4 is 37.8 Å². The summed E-state index contributed by atoms with van der Waals surface area (Å²) in [4.78, 5) is -0.748. The summed E-state index contributed by atoms with van der Waals surface area (Å²) in [7, 11) is -4.90. The maximum atomic E-state index is 12.7. The van der Waals surface area contributed by atoms with Crippen molar-refractivity contribution in [2.75, 3.05) is 0 Å². The number of hydrogen-bond donors (Lipinski definition) is 0. The van der Waals surface area contributed by atoms with E-state index in [1.165, 1.54) is 0 Å². The fourth-order valence-corrected chi connectivity index (χ4v) is 2.16. The van der Waals surface area contributed by atoms with E-state index in [0.29, 0.717) is 0 Å². The van der Waals surface area contributed by atoms with Gasteiger partial charge in [0.1, 0.15) is 10.7 Å². The van der Waals surface area contributed by atoms with Crippen LogP contribution in [-0.2, 0) is 10.2 Å². The van der Waals surface area contributed by atoms with Crippen LogP contribution in [0.15, 0.2) is 21.5 Å². The molecule has 13 heavy (non-hydrogen) atoms. The lowest BCUT2D eigenvalue weighted by Gasteiger charge is -2.00. The lowest BCUT2D eigenvalue weighted by molar-refractivity contribution is 0.551. The Hall–Kier alpha value is -0.200. The molecule has 0 saturated carbocycles. The fourth-order valence-electron chi connectivity index (χ4n) is 0.691. The number of halogens is 4. The molecule has 1 aromatic carbocycles. The Morgan fingerprint density at radius 1 is 1.38 bits per heavy atom. The average Bonchev–Trinajstić information content (AvgIpc) is 1.94. The van der Waals surface area contributed by atoms with E-state index in [-0.39, 0.29) is 4.47 Å². The molecule has 0 fully saturated rings. The topological polar surface area (TPSA) is 34.1 Å². The Kier molecular flexibility index (Phi) is 2.94. The van der Waals surface area contributed by atoms with Gasteiger partial charge in [0.2, 0.25) is 0 Å². The minimum Gasteiger partial charge on any atom is -0.206 e. The zero-order valence-corrected chi connectivity index (χ0v) is 9.05. The van der Waals surface area contributed by atoms with E-state index < -0.39 is 26.0 Å². The van der Waals surface area contributed by atoms with Crippen LogP contribution in [0.2, 0.25) is 5.02 Å². The molecule has 0 spiro atoms. The first-order valence-corrected chi connectivity index (χ1v) is 5.47. The van der Waals surface area contributed by atoms with Gasteiger partial charge in [-0.25, -0.2) is 4.39 Å². The highest BCUT2D eigenvalue weighted by Crippen LogP contribution is 2.28. The third kappa shape index (κ3) is 2.38. The Morgan fingerprint density at radius 2 is 1.92 bits per heavy atom. The van der Waals surface area contributed by atoms with Gasteiger partial charge in [-0.15, -0.1) is 3.89 Å². The van der Waals surface area contributed by atoms with Gasteiger partial charge in [0.05, 0.1) is 9.50 Å². The van der Waals surface area contributed by atoms with Gasteiger partial charge in [0, 0.05) is 0 Å². The first-order chi connectivity index (χ1) is 5.82. The van der Waals surface area contributed by atoms with Crippen molar-refractivity contribution < 1.29 is 16.7 Å². The molecule has 0 unspecified atom stereocenters. The third-order valence-electron chi connectivity index (χ3n) is 1.24. The summed E-state index contributed by atoms with van der Waals surface area (Å²) in [5, 5.41) is -0.483. The molecule has 7 heteroatoms. The van der Waals surface area contributed by atoms with Crippen molar-refractivity contribution in [3.63, 3.8) is 0 Å². The highest BCUT2D eigenvalue weighted by atomic mass is 79.9. The van der Waals surface area contributed by atoms with Crippen LogP contribution < -0.4 is 0 Å². The van der Waals surface area contributed by atoms with Gasteiger partial charge in [0.25, 0.3) is 0 Å². The van der Waals surface area contributed by atoms with Crippen molar-refractivity contribution in [1.82, 2.24) is 0 Å². The van der Waals surface area contributed by atoms with Crippen molar-refractivity contribution in [2.24, 2.45) is 0 Å². The summed E-state index contributed by atoms with van der Waals surface area (Å²) >= 11 is 8.01. The van der Waals surface area contributed by atoms with Gasteiger partial charge in [0.15, 0.2) is 0 Å². The second-order valence-corrected chi connectivity index (χ2v) is 4.71. The van der Waals surface area contributed by atoms with Gasteiger partial charge >= 0.3 is 10.2 Å². The molecule has 1 aromatic rings. The molecule has 2 nitrogen and oxygen atoms in total. The molecule has 72 valence electrons. The molecule has 0 aliphatic heterocycles. The molecule has 0 N–H and O–H groups in total. The van der Waals surface area contributed by atoms with Crippen LogP contribution in [0, 0.1) is 5.82 Å². The molecule has 0 aliphatic rings. The third-order valence-corrected chi connectivity index (χ3v) is 3.13. The number of benzene rings is 1. The summed E-state index contributed by atoms with van der Waals surface area (Å²) in [6.07, 6.45) is 0. The van der Waals surface area contributed by atoms with Crippen LogP contribution in [0.4, 0.5) is 8.28 Å². The quantitative estimate of drug-likeness (QED) is 0.589. The normalized spacial score (nSPS) is 11.7. The van der Waals surface area contributed by atoms with Gasteiger partial charge in [-0.1, -0.05) is 11.6 Å². The average molecular weight is 292 g/mol. The number of rotatable bonds is 1. The second kappa shape index (κ2) is 3.51. The zero-order valence-electron chi connectivity index (χ0n) is 5.89. The molecule has 0 radical (unpaired) electrons. The standard InChI is InChI=1S/C6H2BrClF2O2S/c7-3-1-6(13(10,11)12)4(8)2-5(3)9/h1-2H. The monoisotopic (exact) mass is 290 g/mol. The first-order valence-electron chi connectivity index (χ1n) is 2.91. The van der Waals surface area contributed by atoms with E-state index in [4.69, 9.17) is 11.6 Å². The fraction of sp³-hybridized carbons (Fsp3) is 0. The summed E-state index contributed by atoms with van der Waals surface area (Å²) in [6, 6.07) is 1.49. The maximum absolute atomic E-state index is 12.7. The summed E-state index contributed by atoms with van der Waals surface area (Å²) < 4.78 is 45.8. The van der Waals surface area contributed by atoms with Crippen molar-refractivity contribution in [3.8, 4) is 0 Å². The van der Waals surface area contributed by atoms with E-state index in [9.17, 15) is 16.7 Å². The second-order valence-electron chi connectivity index (χ2n) is 2.13. The molecule has 0 aliphatic carbocycles. The molecule has 1 rings (SSSR count). The van der Waals surface area contributed by atoms with Gasteiger partial charge in [-0.3, -0.25) is 0 Å². The van der Waals surface area contributed by atoms with Crippen molar-refractivity contribution in [3.05, 3.63) is 27.4 Å². The smallest absolute Gasteiger partial charge is 0.206 e. The Morgan fingerprint density at radius 3 is 2.38 bits per heavy atom.